The first kappa shape index (κ1) is 18.4. The van der Waals surface area contributed by atoms with Crippen molar-refractivity contribution in [2.45, 2.75) is 71.2 Å². The fourth-order valence-electron chi connectivity index (χ4n) is 2.02. The molecule has 1 saturated carbocycles. The van der Waals surface area contributed by atoms with E-state index in [4.69, 9.17) is 13.8 Å². The Morgan fingerprint density at radius 1 is 1.14 bits per heavy atom. The number of ether oxygens (including phenoxy) is 1. The highest BCUT2D eigenvalue weighted by Crippen LogP contribution is 2.24. The third kappa shape index (κ3) is 9.06. The zero-order valence-electron chi connectivity index (χ0n) is 13.6. The lowest BCUT2D eigenvalue weighted by molar-refractivity contribution is -0.00488. The number of rotatable bonds is 6. The van der Waals surface area contributed by atoms with Crippen molar-refractivity contribution in [1.29, 1.82) is 0 Å². The van der Waals surface area contributed by atoms with Crippen LogP contribution in [0.5, 0.6) is 0 Å². The Hall–Kier alpha value is -0.660. The van der Waals surface area contributed by atoms with E-state index < -0.39 is 10.1 Å². The number of hydrogen-bond donors (Lipinski definition) is 0. The molecule has 0 radical (unpaired) electrons. The Bertz CT molecular complexity index is 444. The standard InChI is InChI=1S/C14H27NO5S/c1-11(15-20-14(2,3)4)10-18-12-6-8-13(9-7-12)19-21(5,16)17/h12-13H,6-10H2,1-5H3. The lowest BCUT2D eigenvalue weighted by atomic mass is 9.95. The zero-order chi connectivity index (χ0) is 16.1. The van der Waals surface area contributed by atoms with Gasteiger partial charge in [0, 0.05) is 0 Å². The van der Waals surface area contributed by atoms with Gasteiger partial charge in [-0.25, -0.2) is 0 Å². The van der Waals surface area contributed by atoms with Crippen molar-refractivity contribution in [2.75, 3.05) is 12.9 Å². The fraction of sp³-hybridized carbons (Fsp3) is 0.929. The van der Waals surface area contributed by atoms with Crippen LogP contribution in [0.3, 0.4) is 0 Å². The zero-order valence-corrected chi connectivity index (χ0v) is 14.4. The van der Waals surface area contributed by atoms with Crippen LogP contribution in [-0.2, 0) is 23.9 Å². The summed E-state index contributed by atoms with van der Waals surface area (Å²) in [6, 6.07) is 0. The fourth-order valence-corrected chi connectivity index (χ4v) is 2.71. The van der Waals surface area contributed by atoms with Crippen molar-refractivity contribution in [3.05, 3.63) is 0 Å². The molecule has 0 aromatic rings. The lowest BCUT2D eigenvalue weighted by Gasteiger charge is -2.27. The van der Waals surface area contributed by atoms with Gasteiger partial charge >= 0.3 is 0 Å². The molecule has 1 rings (SSSR count). The SMILES string of the molecule is CC(COC1CCC(OS(C)(=O)=O)CC1)=NOC(C)(C)C. The lowest BCUT2D eigenvalue weighted by Crippen LogP contribution is -2.29. The van der Waals surface area contributed by atoms with Crippen LogP contribution in [0, 0.1) is 0 Å². The molecule has 1 aliphatic carbocycles. The topological polar surface area (TPSA) is 74.2 Å². The summed E-state index contributed by atoms with van der Waals surface area (Å²) in [5.41, 5.74) is 0.488. The average Bonchev–Trinajstić information content (AvgIpc) is 2.33. The maximum Gasteiger partial charge on any atom is 0.264 e. The first-order valence-corrected chi connectivity index (χ1v) is 9.08. The van der Waals surface area contributed by atoms with Crippen LogP contribution in [0.4, 0.5) is 0 Å². The molecule has 0 bridgehead atoms. The van der Waals surface area contributed by atoms with E-state index in [1.807, 2.05) is 27.7 Å². The minimum Gasteiger partial charge on any atom is -0.390 e. The van der Waals surface area contributed by atoms with Crippen molar-refractivity contribution in [1.82, 2.24) is 0 Å². The van der Waals surface area contributed by atoms with Crippen molar-refractivity contribution < 1.29 is 22.2 Å². The molecule has 21 heavy (non-hydrogen) atoms. The van der Waals surface area contributed by atoms with Gasteiger partial charge in [-0.3, -0.25) is 4.18 Å². The van der Waals surface area contributed by atoms with Crippen LogP contribution in [0.2, 0.25) is 0 Å². The van der Waals surface area contributed by atoms with Crippen LogP contribution in [-0.4, -0.2) is 44.8 Å². The molecule has 6 nitrogen and oxygen atoms in total. The molecular weight excluding hydrogens is 294 g/mol. The summed E-state index contributed by atoms with van der Waals surface area (Å²) in [7, 11) is -3.36. The van der Waals surface area contributed by atoms with E-state index in [1.165, 1.54) is 0 Å². The molecular formula is C14H27NO5S. The minimum atomic E-state index is -3.36. The van der Waals surface area contributed by atoms with Gasteiger partial charge in [0.2, 0.25) is 0 Å². The van der Waals surface area contributed by atoms with Gasteiger partial charge in [-0.15, -0.1) is 0 Å². The summed E-state index contributed by atoms with van der Waals surface area (Å²) in [4.78, 5) is 5.32. The molecule has 0 aliphatic heterocycles. The summed E-state index contributed by atoms with van der Waals surface area (Å²) in [5.74, 6) is 0. The molecule has 0 amide bonds. The van der Waals surface area contributed by atoms with Crippen molar-refractivity contribution in [2.24, 2.45) is 5.16 Å². The summed E-state index contributed by atoms with van der Waals surface area (Å²) >= 11 is 0. The predicted octanol–water partition coefficient (Wildman–Crippen LogP) is 2.48. The molecule has 0 saturated heterocycles. The van der Waals surface area contributed by atoms with E-state index in [9.17, 15) is 8.42 Å². The predicted molar refractivity (Wildman–Crippen MR) is 81.9 cm³/mol. The molecule has 0 atom stereocenters. The number of nitrogens with zero attached hydrogens (tertiary/aromatic N) is 1. The quantitative estimate of drug-likeness (QED) is 0.427. The Labute approximate surface area is 128 Å². The minimum absolute atomic E-state index is 0.129. The Kier molecular flexibility index (Phi) is 6.62. The normalized spacial score (nSPS) is 24.9. The van der Waals surface area contributed by atoms with Crippen LogP contribution in [0.25, 0.3) is 0 Å². The molecule has 0 aromatic carbocycles. The highest BCUT2D eigenvalue weighted by molar-refractivity contribution is 7.86. The van der Waals surface area contributed by atoms with Gasteiger partial charge in [-0.05, 0) is 53.4 Å². The highest BCUT2D eigenvalue weighted by Gasteiger charge is 2.25. The van der Waals surface area contributed by atoms with Crippen LogP contribution < -0.4 is 0 Å². The van der Waals surface area contributed by atoms with Crippen molar-refractivity contribution >= 4 is 15.8 Å². The van der Waals surface area contributed by atoms with Crippen molar-refractivity contribution in [3.8, 4) is 0 Å². The molecule has 0 aromatic heterocycles. The second-order valence-corrected chi connectivity index (χ2v) is 8.14. The van der Waals surface area contributed by atoms with E-state index in [0.29, 0.717) is 19.4 Å². The Morgan fingerprint density at radius 2 is 1.67 bits per heavy atom. The van der Waals surface area contributed by atoms with E-state index in [0.717, 1.165) is 24.8 Å². The molecule has 0 N–H and O–H groups in total. The van der Waals surface area contributed by atoms with Gasteiger partial charge in [0.05, 0.1) is 30.8 Å². The second kappa shape index (κ2) is 7.56. The first-order valence-electron chi connectivity index (χ1n) is 7.27. The smallest absolute Gasteiger partial charge is 0.264 e. The number of hydrogen-bond acceptors (Lipinski definition) is 6. The summed E-state index contributed by atoms with van der Waals surface area (Å²) in [6.45, 7) is 8.11. The largest absolute Gasteiger partial charge is 0.390 e. The van der Waals surface area contributed by atoms with E-state index >= 15 is 0 Å². The maximum absolute atomic E-state index is 11.1. The first-order chi connectivity index (χ1) is 9.55. The van der Waals surface area contributed by atoms with Crippen molar-refractivity contribution in [3.63, 3.8) is 0 Å². The van der Waals surface area contributed by atoms with Gasteiger partial charge in [-0.2, -0.15) is 8.42 Å². The summed E-state index contributed by atoms with van der Waals surface area (Å²) in [5, 5.41) is 4.03. The third-order valence-electron chi connectivity index (χ3n) is 2.94. The molecule has 0 unspecified atom stereocenters. The van der Waals surface area contributed by atoms with Crippen LogP contribution in [0.1, 0.15) is 53.4 Å². The van der Waals surface area contributed by atoms with E-state index in [-0.39, 0.29) is 17.8 Å². The van der Waals surface area contributed by atoms with Crippen LogP contribution in [0.15, 0.2) is 5.16 Å². The molecule has 0 spiro atoms. The number of oxime groups is 1. The van der Waals surface area contributed by atoms with Gasteiger partial charge in [0.1, 0.15) is 5.60 Å². The van der Waals surface area contributed by atoms with Gasteiger partial charge in [0.15, 0.2) is 0 Å². The summed E-state index contributed by atoms with van der Waals surface area (Å²) in [6.07, 6.45) is 4.01. The molecule has 124 valence electrons. The highest BCUT2D eigenvalue weighted by atomic mass is 32.2. The van der Waals surface area contributed by atoms with Gasteiger partial charge in [0.25, 0.3) is 10.1 Å². The van der Waals surface area contributed by atoms with Gasteiger partial charge in [-0.1, -0.05) is 5.16 Å². The third-order valence-corrected chi connectivity index (χ3v) is 3.56. The second-order valence-electron chi connectivity index (χ2n) is 6.54. The van der Waals surface area contributed by atoms with Gasteiger partial charge < -0.3 is 9.57 Å². The average molecular weight is 321 g/mol. The van der Waals surface area contributed by atoms with E-state index in [1.54, 1.807) is 0 Å². The van der Waals surface area contributed by atoms with Crippen LogP contribution >= 0.6 is 0 Å². The Morgan fingerprint density at radius 3 is 2.14 bits per heavy atom. The summed E-state index contributed by atoms with van der Waals surface area (Å²) < 4.78 is 32.9. The Balaban J connectivity index is 2.27. The maximum atomic E-state index is 11.1. The molecule has 0 heterocycles. The molecule has 1 fully saturated rings. The van der Waals surface area contributed by atoms with E-state index in [2.05, 4.69) is 5.16 Å². The molecule has 1 aliphatic rings. The molecule has 7 heteroatoms. The monoisotopic (exact) mass is 321 g/mol.